The van der Waals surface area contributed by atoms with E-state index in [1.54, 1.807) is 11.3 Å². The molecular formula is C24H37N3O2S. The highest BCUT2D eigenvalue weighted by Gasteiger charge is 2.33. The summed E-state index contributed by atoms with van der Waals surface area (Å²) in [6.07, 6.45) is 9.47. The number of hydrogen-bond acceptors (Lipinski definition) is 4. The van der Waals surface area contributed by atoms with E-state index in [1.807, 2.05) is 18.7 Å². The lowest BCUT2D eigenvalue weighted by Crippen LogP contribution is -2.53. The molecule has 5 nitrogen and oxygen atoms in total. The lowest BCUT2D eigenvalue weighted by molar-refractivity contribution is -0.138. The van der Waals surface area contributed by atoms with E-state index in [9.17, 15) is 9.59 Å². The van der Waals surface area contributed by atoms with Crippen molar-refractivity contribution in [1.29, 1.82) is 0 Å². The third-order valence-electron chi connectivity index (χ3n) is 7.41. The van der Waals surface area contributed by atoms with Gasteiger partial charge in [-0.1, -0.05) is 19.3 Å². The highest BCUT2D eigenvalue weighted by molar-refractivity contribution is 7.14. The Hall–Kier alpha value is -1.40. The van der Waals surface area contributed by atoms with Crippen molar-refractivity contribution in [3.63, 3.8) is 0 Å². The summed E-state index contributed by atoms with van der Waals surface area (Å²) in [5.41, 5.74) is 1.24. The summed E-state index contributed by atoms with van der Waals surface area (Å²) in [4.78, 5) is 34.7. The van der Waals surface area contributed by atoms with Gasteiger partial charge in [0, 0.05) is 56.1 Å². The van der Waals surface area contributed by atoms with Crippen LogP contribution in [-0.4, -0.2) is 71.8 Å². The molecule has 166 valence electrons. The number of fused-ring (bicyclic) bond motifs is 1. The molecule has 0 N–H and O–H groups in total. The van der Waals surface area contributed by atoms with Crippen LogP contribution in [0.25, 0.3) is 0 Å². The minimum absolute atomic E-state index is 0.0877. The SMILES string of the molecule is CCN(CC)C(=O)c1cc2c(s1)CC[C@H](C(=O)N1CCN(C3CCCCC3)CC1)C2. The van der Waals surface area contributed by atoms with Crippen molar-refractivity contribution < 1.29 is 9.59 Å². The van der Waals surface area contributed by atoms with E-state index in [1.165, 1.54) is 42.5 Å². The maximum Gasteiger partial charge on any atom is 0.263 e. The van der Waals surface area contributed by atoms with E-state index in [-0.39, 0.29) is 11.8 Å². The van der Waals surface area contributed by atoms with Crippen LogP contribution in [0.2, 0.25) is 0 Å². The zero-order chi connectivity index (χ0) is 21.1. The number of aryl methyl sites for hydroxylation is 1. The molecule has 0 bridgehead atoms. The van der Waals surface area contributed by atoms with Crippen LogP contribution in [-0.2, 0) is 17.6 Å². The first kappa shape index (κ1) is 21.8. The second-order valence-electron chi connectivity index (χ2n) is 9.13. The average Bonchev–Trinajstić information content (AvgIpc) is 3.23. The number of piperazine rings is 1. The second-order valence-corrected chi connectivity index (χ2v) is 10.3. The quantitative estimate of drug-likeness (QED) is 0.712. The molecule has 2 fully saturated rings. The fourth-order valence-corrected chi connectivity index (χ4v) is 6.69. The summed E-state index contributed by atoms with van der Waals surface area (Å²) >= 11 is 1.65. The van der Waals surface area contributed by atoms with Gasteiger partial charge in [0.25, 0.3) is 5.91 Å². The van der Waals surface area contributed by atoms with Crippen molar-refractivity contribution in [1.82, 2.24) is 14.7 Å². The van der Waals surface area contributed by atoms with Crippen molar-refractivity contribution >= 4 is 23.2 Å². The van der Waals surface area contributed by atoms with E-state index in [0.29, 0.717) is 5.91 Å². The first-order valence-corrected chi connectivity index (χ1v) is 12.9. The molecular weight excluding hydrogens is 394 g/mol. The van der Waals surface area contributed by atoms with Crippen LogP contribution in [0.5, 0.6) is 0 Å². The molecule has 2 heterocycles. The van der Waals surface area contributed by atoms with Gasteiger partial charge in [-0.15, -0.1) is 11.3 Å². The molecule has 4 rings (SSSR count). The highest BCUT2D eigenvalue weighted by atomic mass is 32.1. The summed E-state index contributed by atoms with van der Waals surface area (Å²) in [6.45, 7) is 9.37. The van der Waals surface area contributed by atoms with Crippen LogP contribution in [0.3, 0.4) is 0 Å². The number of thiophene rings is 1. The molecule has 1 saturated heterocycles. The zero-order valence-electron chi connectivity index (χ0n) is 18.7. The maximum atomic E-state index is 13.2. The largest absolute Gasteiger partial charge is 0.340 e. The minimum atomic E-state index is 0.0877. The fourth-order valence-electron chi connectivity index (χ4n) is 5.52. The molecule has 0 aromatic carbocycles. The fraction of sp³-hybridized carbons (Fsp3) is 0.750. The smallest absolute Gasteiger partial charge is 0.263 e. The van der Waals surface area contributed by atoms with Crippen LogP contribution >= 0.6 is 11.3 Å². The Morgan fingerprint density at radius 2 is 1.73 bits per heavy atom. The lowest BCUT2D eigenvalue weighted by Gasteiger charge is -2.41. The van der Waals surface area contributed by atoms with Crippen LogP contribution in [0, 0.1) is 5.92 Å². The molecule has 30 heavy (non-hydrogen) atoms. The molecule has 2 amide bonds. The normalized spacial score (nSPS) is 23.3. The minimum Gasteiger partial charge on any atom is -0.340 e. The van der Waals surface area contributed by atoms with E-state index in [4.69, 9.17) is 0 Å². The van der Waals surface area contributed by atoms with E-state index in [0.717, 1.165) is 69.4 Å². The molecule has 3 aliphatic rings. The van der Waals surface area contributed by atoms with Crippen molar-refractivity contribution in [2.45, 2.75) is 71.3 Å². The van der Waals surface area contributed by atoms with Crippen molar-refractivity contribution in [2.24, 2.45) is 5.92 Å². The predicted molar refractivity (Wildman–Crippen MR) is 122 cm³/mol. The molecule has 1 aromatic heterocycles. The van der Waals surface area contributed by atoms with Crippen LogP contribution < -0.4 is 0 Å². The first-order valence-electron chi connectivity index (χ1n) is 12.0. The molecule has 1 aromatic rings. The van der Waals surface area contributed by atoms with Crippen LogP contribution in [0.15, 0.2) is 6.07 Å². The van der Waals surface area contributed by atoms with Gasteiger partial charge in [-0.2, -0.15) is 0 Å². The summed E-state index contributed by atoms with van der Waals surface area (Å²) < 4.78 is 0. The molecule has 1 saturated carbocycles. The third-order valence-corrected chi connectivity index (χ3v) is 8.64. The Bertz CT molecular complexity index is 744. The topological polar surface area (TPSA) is 43.9 Å². The summed E-state index contributed by atoms with van der Waals surface area (Å²) in [7, 11) is 0. The van der Waals surface area contributed by atoms with Gasteiger partial charge in [0.15, 0.2) is 0 Å². The standard InChI is InChI=1S/C24H37N3O2S/c1-3-25(4-2)24(29)22-17-19-16-18(10-11-21(19)30-22)23(28)27-14-12-26(13-15-27)20-8-6-5-7-9-20/h17-18,20H,3-16H2,1-2H3/t18-/m0/s1. The van der Waals surface area contributed by atoms with Gasteiger partial charge in [-0.25, -0.2) is 0 Å². The molecule has 0 spiro atoms. The first-order chi connectivity index (χ1) is 14.6. The van der Waals surface area contributed by atoms with E-state index >= 15 is 0 Å². The Labute approximate surface area is 185 Å². The highest BCUT2D eigenvalue weighted by Crippen LogP contribution is 2.34. The Morgan fingerprint density at radius 1 is 1.03 bits per heavy atom. The Morgan fingerprint density at radius 3 is 2.40 bits per heavy atom. The predicted octanol–water partition coefficient (Wildman–Crippen LogP) is 3.81. The molecule has 1 atom stereocenters. The number of amides is 2. The molecule has 2 aliphatic carbocycles. The zero-order valence-corrected chi connectivity index (χ0v) is 19.5. The second kappa shape index (κ2) is 9.82. The molecule has 0 unspecified atom stereocenters. The summed E-state index contributed by atoms with van der Waals surface area (Å²) in [5.74, 6) is 0.567. The molecule has 6 heteroatoms. The lowest BCUT2D eigenvalue weighted by atomic mass is 9.87. The third kappa shape index (κ3) is 4.59. The van der Waals surface area contributed by atoms with Crippen molar-refractivity contribution in [3.8, 4) is 0 Å². The van der Waals surface area contributed by atoms with Crippen molar-refractivity contribution in [2.75, 3.05) is 39.3 Å². The maximum absolute atomic E-state index is 13.2. The Kier molecular flexibility index (Phi) is 7.14. The van der Waals surface area contributed by atoms with Crippen molar-refractivity contribution in [3.05, 3.63) is 21.4 Å². The summed E-state index contributed by atoms with van der Waals surface area (Å²) in [5, 5.41) is 0. The monoisotopic (exact) mass is 431 g/mol. The van der Waals surface area contributed by atoms with E-state index < -0.39 is 0 Å². The van der Waals surface area contributed by atoms with Gasteiger partial charge in [0.1, 0.15) is 0 Å². The summed E-state index contributed by atoms with van der Waals surface area (Å²) in [6, 6.07) is 2.82. The number of carbonyl (C=O) groups excluding carboxylic acids is 2. The number of rotatable bonds is 5. The van der Waals surface area contributed by atoms with Gasteiger partial charge in [-0.3, -0.25) is 14.5 Å². The number of carbonyl (C=O) groups is 2. The molecule has 1 aliphatic heterocycles. The Balaban J connectivity index is 1.33. The molecule has 0 radical (unpaired) electrons. The van der Waals surface area contributed by atoms with Crippen LogP contribution in [0.1, 0.15) is 72.5 Å². The average molecular weight is 432 g/mol. The van der Waals surface area contributed by atoms with Gasteiger partial charge in [0.05, 0.1) is 4.88 Å². The number of nitrogens with zero attached hydrogens (tertiary/aromatic N) is 3. The van der Waals surface area contributed by atoms with Crippen LogP contribution in [0.4, 0.5) is 0 Å². The van der Waals surface area contributed by atoms with E-state index in [2.05, 4.69) is 15.9 Å². The van der Waals surface area contributed by atoms with Gasteiger partial charge in [-0.05, 0) is 57.6 Å². The van der Waals surface area contributed by atoms with Gasteiger partial charge < -0.3 is 9.80 Å². The van der Waals surface area contributed by atoms with Gasteiger partial charge >= 0.3 is 0 Å². The number of hydrogen-bond donors (Lipinski definition) is 0. The van der Waals surface area contributed by atoms with Gasteiger partial charge in [0.2, 0.25) is 5.91 Å².